The van der Waals surface area contributed by atoms with E-state index in [1.807, 2.05) is 57.3 Å². The average Bonchev–Trinajstić information content (AvgIpc) is 2.69. The van der Waals surface area contributed by atoms with Crippen LogP contribution in [0, 0.1) is 20.8 Å². The molecule has 138 valence electrons. The summed E-state index contributed by atoms with van der Waals surface area (Å²) in [4.78, 5) is 29.6. The lowest BCUT2D eigenvalue weighted by Crippen LogP contribution is -2.16. The van der Waals surface area contributed by atoms with Crippen LogP contribution in [-0.4, -0.2) is 25.8 Å². The van der Waals surface area contributed by atoms with Gasteiger partial charge in [-0.3, -0.25) is 4.79 Å². The number of aryl methyl sites for hydroxylation is 3. The lowest BCUT2D eigenvalue weighted by Gasteiger charge is -2.11. The van der Waals surface area contributed by atoms with E-state index in [2.05, 4.69) is 31.3 Å². The van der Waals surface area contributed by atoms with Gasteiger partial charge in [0, 0.05) is 29.0 Å². The Balaban J connectivity index is 1.62. The summed E-state index contributed by atoms with van der Waals surface area (Å²) in [7, 11) is 0. The molecule has 0 bridgehead atoms. The molecule has 0 aliphatic rings. The first-order chi connectivity index (χ1) is 13.5. The van der Waals surface area contributed by atoms with Crippen molar-refractivity contribution in [1.82, 2.24) is 19.9 Å². The summed E-state index contributed by atoms with van der Waals surface area (Å²) in [5.74, 6) is 0.400. The summed E-state index contributed by atoms with van der Waals surface area (Å²) >= 11 is 0. The number of fused-ring (bicyclic) bond motifs is 1. The number of hydrogen-bond acceptors (Lipinski definition) is 5. The van der Waals surface area contributed by atoms with Crippen molar-refractivity contribution in [2.24, 2.45) is 0 Å². The van der Waals surface area contributed by atoms with Crippen LogP contribution in [-0.2, 0) is 0 Å². The number of nitrogens with zero attached hydrogens (tertiary/aromatic N) is 4. The Labute approximate surface area is 162 Å². The fourth-order valence-electron chi connectivity index (χ4n) is 3.05. The molecule has 4 aromatic rings. The number of hydrogen-bond donors (Lipinski definition) is 1. The minimum absolute atomic E-state index is 0.256. The van der Waals surface area contributed by atoms with Gasteiger partial charge < -0.3 is 5.32 Å². The molecule has 0 aliphatic carbocycles. The number of rotatable bonds is 3. The molecule has 0 saturated carbocycles. The molecule has 2 heterocycles. The van der Waals surface area contributed by atoms with Gasteiger partial charge in [0.1, 0.15) is 12.0 Å². The monoisotopic (exact) mass is 369 g/mol. The van der Waals surface area contributed by atoms with Crippen LogP contribution >= 0.6 is 0 Å². The van der Waals surface area contributed by atoms with E-state index in [0.717, 1.165) is 33.3 Å². The van der Waals surface area contributed by atoms with Gasteiger partial charge in [-0.2, -0.15) is 0 Å². The Morgan fingerprint density at radius 1 is 0.929 bits per heavy atom. The number of carbonyl (C=O) groups excluding carboxylic acids is 1. The molecule has 6 nitrogen and oxygen atoms in total. The quantitative estimate of drug-likeness (QED) is 0.583. The molecule has 0 unspecified atom stereocenters. The van der Waals surface area contributed by atoms with Crippen LogP contribution in [0.1, 0.15) is 27.2 Å². The lowest BCUT2D eigenvalue weighted by molar-refractivity contribution is 0.102. The largest absolute Gasteiger partial charge is 0.320 e. The van der Waals surface area contributed by atoms with Crippen molar-refractivity contribution in [2.75, 3.05) is 5.32 Å². The third-order valence-corrected chi connectivity index (χ3v) is 4.58. The number of amides is 1. The number of carbonyl (C=O) groups is 1. The second-order valence-corrected chi connectivity index (χ2v) is 6.79. The van der Waals surface area contributed by atoms with Crippen LogP contribution in [0.5, 0.6) is 0 Å². The Hall–Kier alpha value is -3.67. The summed E-state index contributed by atoms with van der Waals surface area (Å²) < 4.78 is 0. The molecule has 2 aromatic heterocycles. The SMILES string of the molecule is Cc1ccc2nc(-c3ccc(NC(=O)c4ncncc4C)c(C)c3)ncc2c1. The van der Waals surface area contributed by atoms with Gasteiger partial charge in [0.25, 0.3) is 5.91 Å². The minimum Gasteiger partial charge on any atom is -0.320 e. The molecule has 0 aliphatic heterocycles. The van der Waals surface area contributed by atoms with Gasteiger partial charge in [0.15, 0.2) is 5.82 Å². The Morgan fingerprint density at radius 3 is 2.57 bits per heavy atom. The zero-order chi connectivity index (χ0) is 19.7. The smallest absolute Gasteiger partial charge is 0.274 e. The van der Waals surface area contributed by atoms with Gasteiger partial charge >= 0.3 is 0 Å². The molecule has 1 N–H and O–H groups in total. The summed E-state index contributed by atoms with van der Waals surface area (Å²) in [6, 6.07) is 11.8. The topological polar surface area (TPSA) is 80.7 Å². The fourth-order valence-corrected chi connectivity index (χ4v) is 3.05. The molecule has 2 aromatic carbocycles. The van der Waals surface area contributed by atoms with Crippen molar-refractivity contribution >= 4 is 22.5 Å². The van der Waals surface area contributed by atoms with Crippen LogP contribution in [0.3, 0.4) is 0 Å². The van der Waals surface area contributed by atoms with Crippen LogP contribution in [0.25, 0.3) is 22.3 Å². The maximum atomic E-state index is 12.5. The maximum absolute atomic E-state index is 12.5. The van der Waals surface area contributed by atoms with Gasteiger partial charge in [-0.05, 0) is 62.2 Å². The van der Waals surface area contributed by atoms with Crippen molar-refractivity contribution in [1.29, 1.82) is 0 Å². The molecular formula is C22H19N5O. The molecular weight excluding hydrogens is 350 g/mol. The van der Waals surface area contributed by atoms with Gasteiger partial charge in [-0.1, -0.05) is 11.6 Å². The first-order valence-electron chi connectivity index (χ1n) is 8.93. The first kappa shape index (κ1) is 17.7. The van der Waals surface area contributed by atoms with Gasteiger partial charge in [0.2, 0.25) is 0 Å². The van der Waals surface area contributed by atoms with Crippen LogP contribution in [0.15, 0.2) is 55.1 Å². The molecule has 0 spiro atoms. The van der Waals surface area contributed by atoms with E-state index in [-0.39, 0.29) is 5.91 Å². The van der Waals surface area contributed by atoms with Crippen molar-refractivity contribution in [2.45, 2.75) is 20.8 Å². The standard InChI is InChI=1S/C22H19N5O/c1-13-4-6-19-17(8-13)11-24-21(26-19)16-5-7-18(14(2)9-16)27-22(28)20-15(3)10-23-12-25-20/h4-12H,1-3H3,(H,27,28). The highest BCUT2D eigenvalue weighted by Crippen LogP contribution is 2.24. The highest BCUT2D eigenvalue weighted by Gasteiger charge is 2.13. The summed E-state index contributed by atoms with van der Waals surface area (Å²) in [5.41, 5.74) is 5.73. The second-order valence-electron chi connectivity index (χ2n) is 6.79. The van der Waals surface area contributed by atoms with Crippen LogP contribution < -0.4 is 5.32 Å². The van der Waals surface area contributed by atoms with E-state index < -0.39 is 0 Å². The molecule has 0 saturated heterocycles. The predicted octanol–water partition coefficient (Wildman–Crippen LogP) is 4.26. The van der Waals surface area contributed by atoms with E-state index in [1.165, 1.54) is 11.9 Å². The molecule has 0 radical (unpaired) electrons. The van der Waals surface area contributed by atoms with E-state index >= 15 is 0 Å². The second kappa shape index (κ2) is 7.15. The van der Waals surface area contributed by atoms with Crippen LogP contribution in [0.4, 0.5) is 5.69 Å². The normalized spacial score (nSPS) is 10.8. The number of aromatic nitrogens is 4. The molecule has 0 atom stereocenters. The zero-order valence-electron chi connectivity index (χ0n) is 15.9. The van der Waals surface area contributed by atoms with Crippen molar-refractivity contribution in [3.05, 3.63) is 77.5 Å². The molecule has 28 heavy (non-hydrogen) atoms. The average molecular weight is 369 g/mol. The lowest BCUT2D eigenvalue weighted by atomic mass is 10.1. The number of nitrogens with one attached hydrogen (secondary N) is 1. The predicted molar refractivity (Wildman–Crippen MR) is 109 cm³/mol. The molecule has 6 heteroatoms. The highest BCUT2D eigenvalue weighted by molar-refractivity contribution is 6.04. The zero-order valence-corrected chi connectivity index (χ0v) is 15.9. The Kier molecular flexibility index (Phi) is 4.53. The third-order valence-electron chi connectivity index (χ3n) is 4.58. The number of anilines is 1. The Morgan fingerprint density at radius 2 is 1.79 bits per heavy atom. The third kappa shape index (κ3) is 3.44. The van der Waals surface area contributed by atoms with Crippen LogP contribution in [0.2, 0.25) is 0 Å². The van der Waals surface area contributed by atoms with E-state index in [0.29, 0.717) is 11.5 Å². The molecule has 4 rings (SSSR count). The van der Waals surface area contributed by atoms with Gasteiger partial charge in [-0.25, -0.2) is 19.9 Å². The van der Waals surface area contributed by atoms with Crippen molar-refractivity contribution in [3.63, 3.8) is 0 Å². The molecule has 1 amide bonds. The van der Waals surface area contributed by atoms with Gasteiger partial charge in [-0.15, -0.1) is 0 Å². The minimum atomic E-state index is -0.256. The van der Waals surface area contributed by atoms with Gasteiger partial charge in [0.05, 0.1) is 5.52 Å². The first-order valence-corrected chi connectivity index (χ1v) is 8.93. The highest BCUT2D eigenvalue weighted by atomic mass is 16.1. The van der Waals surface area contributed by atoms with Crippen molar-refractivity contribution < 1.29 is 4.79 Å². The summed E-state index contributed by atoms with van der Waals surface area (Å²) in [6.07, 6.45) is 4.83. The van der Waals surface area contributed by atoms with E-state index in [4.69, 9.17) is 0 Å². The fraction of sp³-hybridized carbons (Fsp3) is 0.136. The molecule has 0 fully saturated rings. The maximum Gasteiger partial charge on any atom is 0.274 e. The number of benzene rings is 2. The Bertz CT molecular complexity index is 1200. The summed E-state index contributed by atoms with van der Waals surface area (Å²) in [5, 5.41) is 3.93. The van der Waals surface area contributed by atoms with Crippen molar-refractivity contribution in [3.8, 4) is 11.4 Å². The summed E-state index contributed by atoms with van der Waals surface area (Å²) in [6.45, 7) is 5.80. The van der Waals surface area contributed by atoms with E-state index in [1.54, 1.807) is 6.20 Å². The van der Waals surface area contributed by atoms with E-state index in [9.17, 15) is 4.79 Å².